The predicted octanol–water partition coefficient (Wildman–Crippen LogP) is -1.33. The van der Waals surface area contributed by atoms with Crippen LogP contribution in [0.25, 0.3) is 0 Å². The highest BCUT2D eigenvalue weighted by molar-refractivity contribution is 7.87. The van der Waals surface area contributed by atoms with Crippen molar-refractivity contribution < 1.29 is 8.42 Å². The fourth-order valence-corrected chi connectivity index (χ4v) is 1.58. The van der Waals surface area contributed by atoms with Crippen LogP contribution in [0.2, 0.25) is 0 Å². The lowest BCUT2D eigenvalue weighted by Crippen LogP contribution is -2.34. The van der Waals surface area contributed by atoms with Gasteiger partial charge in [0.2, 0.25) is 0 Å². The number of nitrogens with zero attached hydrogens (tertiary/aromatic N) is 3. The molecule has 1 rings (SSSR count). The lowest BCUT2D eigenvalue weighted by atomic mass is 10.3. The summed E-state index contributed by atoms with van der Waals surface area (Å²) in [6.45, 7) is 1.63. The highest BCUT2D eigenvalue weighted by Gasteiger charge is 2.15. The maximum atomic E-state index is 10.7. The quantitative estimate of drug-likeness (QED) is 0.638. The Kier molecular flexibility index (Phi) is 2.64. The van der Waals surface area contributed by atoms with Gasteiger partial charge >= 0.3 is 0 Å². The fraction of sp³-hybridized carbons (Fsp3) is 0.600. The molecule has 1 aromatic heterocycles. The molecule has 0 saturated carbocycles. The van der Waals surface area contributed by atoms with E-state index >= 15 is 0 Å². The first-order valence-electron chi connectivity index (χ1n) is 3.54. The highest BCUT2D eigenvalue weighted by atomic mass is 32.2. The van der Waals surface area contributed by atoms with Gasteiger partial charge in [0.15, 0.2) is 5.82 Å². The SMILES string of the molecule is CC(NS(N)(=O)=O)c1nncn1C. The summed E-state index contributed by atoms with van der Waals surface area (Å²) in [5, 5.41) is 12.1. The molecule has 0 saturated heterocycles. The van der Waals surface area contributed by atoms with Crippen LogP contribution in [0.5, 0.6) is 0 Å². The van der Waals surface area contributed by atoms with Gasteiger partial charge in [0.05, 0.1) is 6.04 Å². The van der Waals surface area contributed by atoms with E-state index in [1.165, 1.54) is 6.33 Å². The van der Waals surface area contributed by atoms with Crippen molar-refractivity contribution in [2.24, 2.45) is 12.2 Å². The van der Waals surface area contributed by atoms with E-state index < -0.39 is 16.3 Å². The molecule has 0 amide bonds. The van der Waals surface area contributed by atoms with Crippen molar-refractivity contribution in [3.8, 4) is 0 Å². The second kappa shape index (κ2) is 3.40. The van der Waals surface area contributed by atoms with E-state index in [2.05, 4.69) is 14.9 Å². The van der Waals surface area contributed by atoms with E-state index in [0.717, 1.165) is 0 Å². The summed E-state index contributed by atoms with van der Waals surface area (Å²) in [6.07, 6.45) is 1.48. The Labute approximate surface area is 76.1 Å². The van der Waals surface area contributed by atoms with Crippen molar-refractivity contribution in [3.05, 3.63) is 12.2 Å². The molecule has 0 spiro atoms. The minimum absolute atomic E-state index is 0.484. The van der Waals surface area contributed by atoms with Crippen LogP contribution in [0.15, 0.2) is 6.33 Å². The summed E-state index contributed by atoms with van der Waals surface area (Å²) in [6, 6.07) is -0.484. The molecule has 3 N–H and O–H groups in total. The molecular weight excluding hydrogens is 194 g/mol. The lowest BCUT2D eigenvalue weighted by molar-refractivity contribution is 0.555. The first-order valence-corrected chi connectivity index (χ1v) is 5.09. The van der Waals surface area contributed by atoms with Gasteiger partial charge in [0.25, 0.3) is 10.2 Å². The van der Waals surface area contributed by atoms with Gasteiger partial charge in [-0.05, 0) is 6.92 Å². The van der Waals surface area contributed by atoms with E-state index in [-0.39, 0.29) is 0 Å². The van der Waals surface area contributed by atoms with Crippen LogP contribution in [0.1, 0.15) is 18.8 Å². The van der Waals surface area contributed by atoms with Crippen molar-refractivity contribution >= 4 is 10.2 Å². The average molecular weight is 205 g/mol. The predicted molar refractivity (Wildman–Crippen MR) is 45.7 cm³/mol. The summed E-state index contributed by atoms with van der Waals surface area (Å²) in [7, 11) is -1.98. The van der Waals surface area contributed by atoms with E-state index in [0.29, 0.717) is 5.82 Å². The number of hydrogen-bond donors (Lipinski definition) is 2. The van der Waals surface area contributed by atoms with Gasteiger partial charge in [-0.3, -0.25) is 0 Å². The van der Waals surface area contributed by atoms with Gasteiger partial charge in [0.1, 0.15) is 6.33 Å². The Balaban J connectivity index is 2.81. The first kappa shape index (κ1) is 10.1. The minimum atomic E-state index is -3.70. The standard InChI is InChI=1S/C5H11N5O2S/c1-4(9-13(6,11)12)5-8-7-3-10(5)2/h3-4,9H,1-2H3,(H2,6,11,12). The number of aromatic nitrogens is 3. The third-order valence-electron chi connectivity index (χ3n) is 1.47. The molecule has 0 radical (unpaired) electrons. The topological polar surface area (TPSA) is 103 Å². The summed E-state index contributed by atoms with van der Waals surface area (Å²) < 4.78 is 25.1. The number of hydrogen-bond acceptors (Lipinski definition) is 4. The largest absolute Gasteiger partial charge is 0.319 e. The third kappa shape index (κ3) is 2.76. The molecule has 0 fully saturated rings. The van der Waals surface area contributed by atoms with Gasteiger partial charge in [-0.2, -0.15) is 13.1 Å². The number of nitrogens with one attached hydrogen (secondary N) is 1. The van der Waals surface area contributed by atoms with Crippen molar-refractivity contribution in [1.29, 1.82) is 0 Å². The van der Waals surface area contributed by atoms with Crippen LogP contribution in [-0.2, 0) is 17.3 Å². The number of nitrogens with two attached hydrogens (primary N) is 1. The van der Waals surface area contributed by atoms with Gasteiger partial charge < -0.3 is 4.57 Å². The second-order valence-electron chi connectivity index (χ2n) is 2.68. The molecule has 7 nitrogen and oxygen atoms in total. The average Bonchev–Trinajstić information content (AvgIpc) is 2.30. The summed E-state index contributed by atoms with van der Waals surface area (Å²) in [5.41, 5.74) is 0. The molecule has 0 aliphatic heterocycles. The molecule has 0 aliphatic carbocycles. The maximum absolute atomic E-state index is 10.7. The summed E-state index contributed by atoms with van der Waals surface area (Å²) >= 11 is 0. The van der Waals surface area contributed by atoms with E-state index in [1.54, 1.807) is 18.5 Å². The Bertz CT molecular complexity index is 383. The molecule has 0 aliphatic rings. The Morgan fingerprint density at radius 1 is 1.69 bits per heavy atom. The molecule has 0 aromatic carbocycles. The fourth-order valence-electron chi connectivity index (χ4n) is 0.983. The summed E-state index contributed by atoms with van der Waals surface area (Å²) in [4.78, 5) is 0. The minimum Gasteiger partial charge on any atom is -0.319 e. The van der Waals surface area contributed by atoms with E-state index in [1.807, 2.05) is 0 Å². The van der Waals surface area contributed by atoms with Gasteiger partial charge in [-0.1, -0.05) is 0 Å². The zero-order chi connectivity index (χ0) is 10.1. The first-order chi connectivity index (χ1) is 5.90. The smallest absolute Gasteiger partial charge is 0.275 e. The van der Waals surface area contributed by atoms with Crippen LogP contribution < -0.4 is 9.86 Å². The van der Waals surface area contributed by atoms with Gasteiger partial charge in [0, 0.05) is 7.05 Å². The second-order valence-corrected chi connectivity index (χ2v) is 4.01. The zero-order valence-corrected chi connectivity index (χ0v) is 8.11. The molecule has 74 valence electrons. The van der Waals surface area contributed by atoms with Crippen molar-refractivity contribution in [2.75, 3.05) is 0 Å². The number of rotatable bonds is 3. The monoisotopic (exact) mass is 205 g/mol. The maximum Gasteiger partial charge on any atom is 0.275 e. The normalized spacial score (nSPS) is 14.4. The van der Waals surface area contributed by atoms with E-state index in [4.69, 9.17) is 5.14 Å². The van der Waals surface area contributed by atoms with Crippen LogP contribution in [0, 0.1) is 0 Å². The lowest BCUT2D eigenvalue weighted by Gasteiger charge is -2.09. The molecule has 1 heterocycles. The van der Waals surface area contributed by atoms with Crippen LogP contribution >= 0.6 is 0 Å². The van der Waals surface area contributed by atoms with Crippen LogP contribution in [0.4, 0.5) is 0 Å². The van der Waals surface area contributed by atoms with Crippen molar-refractivity contribution in [2.45, 2.75) is 13.0 Å². The molecule has 1 aromatic rings. The van der Waals surface area contributed by atoms with Crippen LogP contribution in [-0.4, -0.2) is 23.2 Å². The highest BCUT2D eigenvalue weighted by Crippen LogP contribution is 2.06. The van der Waals surface area contributed by atoms with Gasteiger partial charge in [-0.15, -0.1) is 10.2 Å². The van der Waals surface area contributed by atoms with Crippen LogP contribution in [0.3, 0.4) is 0 Å². The molecule has 1 atom stereocenters. The number of aryl methyl sites for hydroxylation is 1. The van der Waals surface area contributed by atoms with Crippen molar-refractivity contribution in [3.63, 3.8) is 0 Å². The molecule has 13 heavy (non-hydrogen) atoms. The van der Waals surface area contributed by atoms with E-state index in [9.17, 15) is 8.42 Å². The summed E-state index contributed by atoms with van der Waals surface area (Å²) in [5.74, 6) is 0.508. The van der Waals surface area contributed by atoms with Gasteiger partial charge in [-0.25, -0.2) is 5.14 Å². The molecule has 0 bridgehead atoms. The zero-order valence-electron chi connectivity index (χ0n) is 7.30. The van der Waals surface area contributed by atoms with Crippen molar-refractivity contribution in [1.82, 2.24) is 19.5 Å². The Hall–Kier alpha value is -0.990. The molecule has 8 heteroatoms. The molecule has 1 unspecified atom stereocenters. The molecular formula is C5H11N5O2S. The Morgan fingerprint density at radius 2 is 2.31 bits per heavy atom. The Morgan fingerprint density at radius 3 is 2.69 bits per heavy atom. The third-order valence-corrected chi connectivity index (χ3v) is 2.16.